The number of rotatable bonds is 5. The molecule has 0 unspecified atom stereocenters. The first kappa shape index (κ1) is 23.2. The molecule has 0 aromatic heterocycles. The molecular formula is C37H28N2. The molecule has 0 aliphatic carbocycles. The van der Waals surface area contributed by atoms with Crippen LogP contribution in [0, 0.1) is 13.8 Å². The van der Waals surface area contributed by atoms with E-state index in [1.807, 2.05) is 6.21 Å². The van der Waals surface area contributed by atoms with Gasteiger partial charge in [-0.2, -0.15) is 0 Å². The Labute approximate surface area is 228 Å². The molecule has 7 aromatic carbocycles. The van der Waals surface area contributed by atoms with Crippen LogP contribution >= 0.6 is 0 Å². The topological polar surface area (TPSA) is 15.6 Å². The smallest absolute Gasteiger partial charge is 0.0708 e. The molecule has 0 aliphatic heterocycles. The summed E-state index contributed by atoms with van der Waals surface area (Å²) in [5.74, 6) is 0. The van der Waals surface area contributed by atoms with Gasteiger partial charge in [0.1, 0.15) is 0 Å². The quantitative estimate of drug-likeness (QED) is 0.169. The molecule has 0 amide bonds. The van der Waals surface area contributed by atoms with Gasteiger partial charge in [0.05, 0.1) is 5.69 Å². The second-order valence-corrected chi connectivity index (χ2v) is 10.3. The largest absolute Gasteiger partial charge is 0.311 e. The third-order valence-corrected chi connectivity index (χ3v) is 7.59. The molecule has 0 bridgehead atoms. The first-order chi connectivity index (χ1) is 19.1. The van der Waals surface area contributed by atoms with Crippen molar-refractivity contribution in [3.05, 3.63) is 144 Å². The van der Waals surface area contributed by atoms with Gasteiger partial charge in [-0.25, -0.2) is 0 Å². The Morgan fingerprint density at radius 3 is 1.56 bits per heavy atom. The molecular weight excluding hydrogens is 472 g/mol. The second kappa shape index (κ2) is 9.41. The van der Waals surface area contributed by atoms with Gasteiger partial charge in [-0.1, -0.05) is 96.1 Å². The predicted molar refractivity (Wildman–Crippen MR) is 168 cm³/mol. The highest BCUT2D eigenvalue weighted by Crippen LogP contribution is 2.39. The normalized spacial score (nSPS) is 11.7. The summed E-state index contributed by atoms with van der Waals surface area (Å²) in [5.41, 5.74) is 7.95. The van der Waals surface area contributed by atoms with E-state index in [0.29, 0.717) is 0 Å². The average molecular weight is 501 g/mol. The van der Waals surface area contributed by atoms with Crippen molar-refractivity contribution in [1.82, 2.24) is 0 Å². The van der Waals surface area contributed by atoms with Gasteiger partial charge in [0.15, 0.2) is 0 Å². The van der Waals surface area contributed by atoms with Gasteiger partial charge in [-0.3, -0.25) is 4.99 Å². The Balaban J connectivity index is 1.25. The number of benzene rings is 7. The van der Waals surface area contributed by atoms with E-state index in [1.54, 1.807) is 0 Å². The first-order valence-electron chi connectivity index (χ1n) is 13.4. The SMILES string of the molecule is Cc1ccc(N(c2ccc(C)cc2)c2ccc(C=Nc3ccc4ccc5cccc6ccc3c4c56)cc2)cc1. The number of nitrogens with zero attached hydrogens (tertiary/aromatic N) is 2. The minimum Gasteiger partial charge on any atom is -0.311 e. The third kappa shape index (κ3) is 4.20. The maximum atomic E-state index is 4.95. The third-order valence-electron chi connectivity index (χ3n) is 7.59. The van der Waals surface area contributed by atoms with Crippen molar-refractivity contribution in [2.75, 3.05) is 4.90 Å². The summed E-state index contributed by atoms with van der Waals surface area (Å²) in [6.45, 7) is 4.24. The van der Waals surface area contributed by atoms with Crippen LogP contribution in [0.25, 0.3) is 32.3 Å². The molecule has 0 radical (unpaired) electrons. The molecule has 0 N–H and O–H groups in total. The maximum Gasteiger partial charge on any atom is 0.0708 e. The minimum atomic E-state index is 0.991. The van der Waals surface area contributed by atoms with Gasteiger partial charge >= 0.3 is 0 Å². The molecule has 0 spiro atoms. The Kier molecular flexibility index (Phi) is 5.60. The fourth-order valence-corrected chi connectivity index (χ4v) is 5.52. The van der Waals surface area contributed by atoms with Crippen molar-refractivity contribution in [3.63, 3.8) is 0 Å². The van der Waals surface area contributed by atoms with E-state index in [9.17, 15) is 0 Å². The van der Waals surface area contributed by atoms with Crippen LogP contribution in [0.1, 0.15) is 16.7 Å². The van der Waals surface area contributed by atoms with Gasteiger partial charge in [-0.15, -0.1) is 0 Å². The van der Waals surface area contributed by atoms with E-state index in [1.165, 1.54) is 43.4 Å². The summed E-state index contributed by atoms with van der Waals surface area (Å²) in [5, 5.41) is 7.60. The monoisotopic (exact) mass is 500 g/mol. The summed E-state index contributed by atoms with van der Waals surface area (Å²) in [6.07, 6.45) is 1.97. The highest BCUT2D eigenvalue weighted by atomic mass is 15.1. The van der Waals surface area contributed by atoms with Crippen LogP contribution in [0.2, 0.25) is 0 Å². The summed E-state index contributed by atoms with van der Waals surface area (Å²) >= 11 is 0. The van der Waals surface area contributed by atoms with E-state index < -0.39 is 0 Å². The van der Waals surface area contributed by atoms with Gasteiger partial charge in [0.2, 0.25) is 0 Å². The van der Waals surface area contributed by atoms with Crippen molar-refractivity contribution in [2.45, 2.75) is 13.8 Å². The lowest BCUT2D eigenvalue weighted by molar-refractivity contribution is 1.27. The number of aliphatic imine (C=N–C) groups is 1. The van der Waals surface area contributed by atoms with Crippen LogP contribution < -0.4 is 4.90 Å². The lowest BCUT2D eigenvalue weighted by Crippen LogP contribution is -2.09. The standard InChI is InChI=1S/C37H28N2/c1-25-6-16-31(17-7-25)39(32-18-8-26(2)9-19-32)33-20-10-27(11-21-33)24-38-35-23-15-30-13-12-28-4-3-5-29-14-22-34(35)37(30)36(28)29/h3-24H,1-2H3. The van der Waals surface area contributed by atoms with Gasteiger partial charge in [0.25, 0.3) is 0 Å². The molecule has 0 aliphatic rings. The van der Waals surface area contributed by atoms with Gasteiger partial charge in [-0.05, 0) is 88.8 Å². The fraction of sp³-hybridized carbons (Fsp3) is 0.0541. The van der Waals surface area contributed by atoms with Crippen LogP contribution in [-0.4, -0.2) is 6.21 Å². The van der Waals surface area contributed by atoms with Crippen LogP contribution in [0.5, 0.6) is 0 Å². The van der Waals surface area contributed by atoms with Crippen molar-refractivity contribution in [3.8, 4) is 0 Å². The molecule has 186 valence electrons. The molecule has 39 heavy (non-hydrogen) atoms. The number of hydrogen-bond acceptors (Lipinski definition) is 2. The molecule has 0 heterocycles. The molecule has 0 atom stereocenters. The van der Waals surface area contributed by atoms with Gasteiger partial charge in [0, 0.05) is 28.7 Å². The van der Waals surface area contributed by atoms with E-state index in [4.69, 9.17) is 4.99 Å². The highest BCUT2D eigenvalue weighted by molar-refractivity contribution is 6.25. The minimum absolute atomic E-state index is 0.991. The maximum absolute atomic E-state index is 4.95. The lowest BCUT2D eigenvalue weighted by Gasteiger charge is -2.25. The second-order valence-electron chi connectivity index (χ2n) is 10.3. The Morgan fingerprint density at radius 1 is 0.487 bits per heavy atom. The van der Waals surface area contributed by atoms with E-state index in [-0.39, 0.29) is 0 Å². The van der Waals surface area contributed by atoms with Crippen molar-refractivity contribution in [2.24, 2.45) is 4.99 Å². The number of anilines is 3. The first-order valence-corrected chi connectivity index (χ1v) is 13.4. The molecule has 0 saturated carbocycles. The number of aryl methyl sites for hydroxylation is 2. The van der Waals surface area contributed by atoms with Crippen LogP contribution in [0.4, 0.5) is 22.7 Å². The van der Waals surface area contributed by atoms with E-state index in [0.717, 1.165) is 28.3 Å². The zero-order valence-corrected chi connectivity index (χ0v) is 22.1. The van der Waals surface area contributed by atoms with Crippen LogP contribution in [0.15, 0.2) is 132 Å². The summed E-state index contributed by atoms with van der Waals surface area (Å²) < 4.78 is 0. The predicted octanol–water partition coefficient (Wildman–Crippen LogP) is 10.4. The molecule has 7 rings (SSSR count). The lowest BCUT2D eigenvalue weighted by atomic mass is 9.93. The average Bonchev–Trinajstić information content (AvgIpc) is 2.98. The highest BCUT2D eigenvalue weighted by Gasteiger charge is 2.13. The molecule has 2 nitrogen and oxygen atoms in total. The van der Waals surface area contributed by atoms with E-state index in [2.05, 4.69) is 146 Å². The van der Waals surface area contributed by atoms with E-state index >= 15 is 0 Å². The molecule has 7 aromatic rings. The zero-order valence-electron chi connectivity index (χ0n) is 22.1. The number of hydrogen-bond donors (Lipinski definition) is 0. The van der Waals surface area contributed by atoms with Gasteiger partial charge < -0.3 is 4.90 Å². The summed E-state index contributed by atoms with van der Waals surface area (Å²) in [7, 11) is 0. The van der Waals surface area contributed by atoms with Crippen molar-refractivity contribution >= 4 is 61.3 Å². The Hall–Kier alpha value is -4.95. The molecule has 0 saturated heterocycles. The summed E-state index contributed by atoms with van der Waals surface area (Å²) in [4.78, 5) is 7.25. The van der Waals surface area contributed by atoms with Crippen molar-refractivity contribution in [1.29, 1.82) is 0 Å². The fourth-order valence-electron chi connectivity index (χ4n) is 5.52. The van der Waals surface area contributed by atoms with Crippen LogP contribution in [0.3, 0.4) is 0 Å². The Bertz CT molecular complexity index is 1890. The zero-order chi connectivity index (χ0) is 26.3. The van der Waals surface area contributed by atoms with Crippen molar-refractivity contribution < 1.29 is 0 Å². The molecule has 2 heteroatoms. The van der Waals surface area contributed by atoms with Crippen LogP contribution in [-0.2, 0) is 0 Å². The molecule has 0 fully saturated rings. The summed E-state index contributed by atoms with van der Waals surface area (Å²) in [6, 6.07) is 45.7. The Morgan fingerprint density at radius 2 is 0.974 bits per heavy atom.